The Hall–Kier alpha value is -6.76. The summed E-state index contributed by atoms with van der Waals surface area (Å²) in [6, 6.07) is 4.84. The van der Waals surface area contributed by atoms with E-state index in [9.17, 15) is 27.2 Å². The number of nitrogens with two attached hydrogens (primary N) is 4. The molecule has 9 N–H and O–H groups in total. The molecule has 1 aliphatic rings. The van der Waals surface area contributed by atoms with Crippen LogP contribution in [0, 0.1) is 19.7 Å². The van der Waals surface area contributed by atoms with Crippen LogP contribution >= 0.6 is 11.6 Å². The number of hydrogen-bond acceptors (Lipinski definition) is 9. The predicted molar refractivity (Wildman–Crippen MR) is 216 cm³/mol. The number of amides is 2. The van der Waals surface area contributed by atoms with Gasteiger partial charge >= 0.3 is 6.18 Å². The Morgan fingerprint density at radius 3 is 2.25 bits per heavy atom. The summed E-state index contributed by atoms with van der Waals surface area (Å²) in [5.74, 6) is -0.906. The molecule has 0 bridgehead atoms. The van der Waals surface area contributed by atoms with Gasteiger partial charge in [-0.3, -0.25) is 33.2 Å². The predicted octanol–water partition coefficient (Wildman–Crippen LogP) is 7.14. The van der Waals surface area contributed by atoms with E-state index in [2.05, 4.69) is 30.1 Å². The molecule has 7 heterocycles. The number of benzene rings is 1. The number of nitrogens with one attached hydrogen (secondary N) is 1. The number of carbonyl (C=O) groups excluding carboxylic acids is 2. The number of imidazole rings is 1. The number of nitrogen functional groups attached to an aromatic ring is 2. The van der Waals surface area contributed by atoms with Crippen molar-refractivity contribution >= 4 is 73.4 Å². The molecule has 0 atom stereocenters. The SMILES string of the molecule is CC.Cc1c(F)cc2[nH]ncc2c1-n1c(N)c(C(N)=O)c2cnc(C3CC3)c(CCC(F)(F)F)c21.Cc1ncc2c(C(N)=O)c(N)n(-c3c(Cl)ccc4cncn34)c2n1. The number of alkyl halides is 3. The molecule has 0 spiro atoms. The molecule has 7 aromatic heterocycles. The fourth-order valence-electron chi connectivity index (χ4n) is 7.32. The number of aromatic nitrogens is 9. The normalized spacial score (nSPS) is 12.8. The van der Waals surface area contributed by atoms with Crippen molar-refractivity contribution in [3.8, 4) is 11.5 Å². The van der Waals surface area contributed by atoms with E-state index in [0.717, 1.165) is 18.4 Å². The number of halogens is 5. The van der Waals surface area contributed by atoms with Crippen LogP contribution in [-0.2, 0) is 6.42 Å². The lowest BCUT2D eigenvalue weighted by molar-refractivity contribution is -0.133. The maximum Gasteiger partial charge on any atom is 0.389 e. The van der Waals surface area contributed by atoms with Gasteiger partial charge in [0.05, 0.1) is 56.2 Å². The highest BCUT2D eigenvalue weighted by Gasteiger charge is 2.35. The number of aromatic amines is 1. The molecule has 20 heteroatoms. The Kier molecular flexibility index (Phi) is 10.4. The number of hydrogen-bond donors (Lipinski definition) is 5. The molecule has 1 saturated carbocycles. The fourth-order valence-corrected chi connectivity index (χ4v) is 7.56. The second-order valence-electron chi connectivity index (χ2n) is 13.7. The van der Waals surface area contributed by atoms with Crippen LogP contribution in [0.1, 0.15) is 82.4 Å². The summed E-state index contributed by atoms with van der Waals surface area (Å²) in [5.41, 5.74) is 27.1. The zero-order chi connectivity index (χ0) is 42.7. The Bertz CT molecular complexity index is 2960. The van der Waals surface area contributed by atoms with Gasteiger partial charge < -0.3 is 22.9 Å². The summed E-state index contributed by atoms with van der Waals surface area (Å²) >= 11 is 6.41. The van der Waals surface area contributed by atoms with Crippen LogP contribution in [0.5, 0.6) is 0 Å². The van der Waals surface area contributed by atoms with E-state index < -0.39 is 30.2 Å². The molecule has 2 amide bonds. The van der Waals surface area contributed by atoms with Gasteiger partial charge in [-0.15, -0.1) is 0 Å². The van der Waals surface area contributed by atoms with E-state index in [0.29, 0.717) is 55.4 Å². The third-order valence-electron chi connectivity index (χ3n) is 10.0. The second kappa shape index (κ2) is 15.2. The zero-order valence-electron chi connectivity index (χ0n) is 32.1. The number of nitrogens with zero attached hydrogens (tertiary/aromatic N) is 8. The van der Waals surface area contributed by atoms with Crippen molar-refractivity contribution in [3.63, 3.8) is 0 Å². The van der Waals surface area contributed by atoms with E-state index in [-0.39, 0.29) is 51.7 Å². The first-order valence-corrected chi connectivity index (χ1v) is 18.8. The van der Waals surface area contributed by atoms with Crippen molar-refractivity contribution in [2.24, 2.45) is 11.5 Å². The first-order chi connectivity index (χ1) is 28.1. The minimum Gasteiger partial charge on any atom is -0.384 e. The van der Waals surface area contributed by atoms with Gasteiger partial charge in [-0.2, -0.15) is 18.3 Å². The molecule has 306 valence electrons. The summed E-state index contributed by atoms with van der Waals surface area (Å²) in [4.78, 5) is 41.3. The molecule has 0 aliphatic heterocycles. The average molecular weight is 832 g/mol. The number of carbonyl (C=O) groups is 2. The van der Waals surface area contributed by atoms with Crippen molar-refractivity contribution in [3.05, 3.63) is 93.9 Å². The number of aryl methyl sites for hydroxylation is 2. The van der Waals surface area contributed by atoms with Gasteiger partial charge in [-0.25, -0.2) is 19.3 Å². The third kappa shape index (κ3) is 7.00. The molecule has 0 radical (unpaired) electrons. The summed E-state index contributed by atoms with van der Waals surface area (Å²) in [6.45, 7) is 7.28. The van der Waals surface area contributed by atoms with E-state index >= 15 is 0 Å². The Balaban J connectivity index is 0.000000180. The van der Waals surface area contributed by atoms with Crippen molar-refractivity contribution in [2.75, 3.05) is 11.5 Å². The lowest BCUT2D eigenvalue weighted by Gasteiger charge is -2.17. The second-order valence-corrected chi connectivity index (χ2v) is 14.1. The van der Waals surface area contributed by atoms with Gasteiger partial charge in [0.15, 0.2) is 5.65 Å². The molecule has 1 fully saturated rings. The minimum atomic E-state index is -4.40. The standard InChI is InChI=1S/C22H20F4N6O.C15H12ClN7O.C2H6/c1-9-14(23)6-15-12(8-30-31-15)18(9)32-19-11(4-5-22(24,25)26)17(10-2-3-10)29-7-13(19)16(20(32)27)21(28)33;1-7-20-5-9-11(13(18)24)12(17)23(14(9)21-7)15-10(16)3-2-8-4-19-6-22(8)15;1-2/h6-8,10H,2-5,27H2,1H3,(H2,28,33)(H,30,31);2-6H,17H2,1H3,(H2,18,24);1-2H3. The third-order valence-corrected chi connectivity index (χ3v) is 10.3. The number of H-pyrrole nitrogens is 1. The monoisotopic (exact) mass is 831 g/mol. The van der Waals surface area contributed by atoms with Crippen molar-refractivity contribution in [2.45, 2.75) is 65.5 Å². The molecule has 8 aromatic rings. The van der Waals surface area contributed by atoms with Crippen LogP contribution in [0.3, 0.4) is 0 Å². The minimum absolute atomic E-state index is 0.0294. The smallest absolute Gasteiger partial charge is 0.384 e. The Labute approximate surface area is 337 Å². The molecule has 1 aliphatic carbocycles. The first-order valence-electron chi connectivity index (χ1n) is 18.4. The van der Waals surface area contributed by atoms with E-state index in [1.54, 1.807) is 34.5 Å². The highest BCUT2D eigenvalue weighted by atomic mass is 35.5. The van der Waals surface area contributed by atoms with Crippen LogP contribution in [0.4, 0.5) is 29.2 Å². The van der Waals surface area contributed by atoms with Gasteiger partial charge in [0.2, 0.25) is 0 Å². The lowest BCUT2D eigenvalue weighted by Crippen LogP contribution is -2.14. The highest BCUT2D eigenvalue weighted by molar-refractivity contribution is 6.32. The lowest BCUT2D eigenvalue weighted by atomic mass is 10.0. The quantitative estimate of drug-likeness (QED) is 0.103. The number of fused-ring (bicyclic) bond motifs is 4. The molecule has 9 rings (SSSR count). The van der Waals surface area contributed by atoms with Gasteiger partial charge in [-0.05, 0) is 56.9 Å². The number of pyridine rings is 2. The molecular weight excluding hydrogens is 794 g/mol. The summed E-state index contributed by atoms with van der Waals surface area (Å²) < 4.78 is 59.3. The number of primary amides is 2. The Morgan fingerprint density at radius 1 is 0.932 bits per heavy atom. The zero-order valence-corrected chi connectivity index (χ0v) is 32.9. The van der Waals surface area contributed by atoms with Gasteiger partial charge in [-0.1, -0.05) is 25.4 Å². The van der Waals surface area contributed by atoms with Crippen LogP contribution in [0.25, 0.3) is 49.9 Å². The van der Waals surface area contributed by atoms with Crippen molar-refractivity contribution in [1.29, 1.82) is 0 Å². The van der Waals surface area contributed by atoms with Crippen LogP contribution in [0.15, 0.2) is 49.3 Å². The molecule has 59 heavy (non-hydrogen) atoms. The molecular formula is C39H38ClF4N13O2. The van der Waals surface area contributed by atoms with E-state index in [1.807, 2.05) is 19.9 Å². The molecule has 0 unspecified atom stereocenters. The van der Waals surface area contributed by atoms with Gasteiger partial charge in [0.1, 0.15) is 35.4 Å². The van der Waals surface area contributed by atoms with Crippen molar-refractivity contribution in [1.82, 2.24) is 43.7 Å². The topological polar surface area (TPSA) is 233 Å². The fraction of sp³-hybridized carbons (Fsp3) is 0.256. The van der Waals surface area contributed by atoms with E-state index in [4.69, 9.17) is 34.5 Å². The van der Waals surface area contributed by atoms with Crippen molar-refractivity contribution < 1.29 is 27.2 Å². The van der Waals surface area contributed by atoms with Crippen LogP contribution in [-0.4, -0.2) is 61.7 Å². The molecule has 1 aromatic carbocycles. The first kappa shape index (κ1) is 40.4. The summed E-state index contributed by atoms with van der Waals surface area (Å²) in [6.07, 6.45) is 3.52. The van der Waals surface area contributed by atoms with Crippen LogP contribution < -0.4 is 22.9 Å². The number of rotatable bonds is 7. The summed E-state index contributed by atoms with van der Waals surface area (Å²) in [5, 5.41) is 8.30. The van der Waals surface area contributed by atoms with Gasteiger partial charge in [0, 0.05) is 46.8 Å². The molecule has 0 saturated heterocycles. The summed E-state index contributed by atoms with van der Waals surface area (Å²) in [7, 11) is 0. The largest absolute Gasteiger partial charge is 0.389 e. The maximum absolute atomic E-state index is 14.8. The maximum atomic E-state index is 14.8. The van der Waals surface area contributed by atoms with Crippen LogP contribution in [0.2, 0.25) is 5.02 Å². The molecule has 15 nitrogen and oxygen atoms in total. The number of anilines is 2. The Morgan fingerprint density at radius 2 is 1.59 bits per heavy atom. The average Bonchev–Trinajstić information content (AvgIpc) is 3.45. The highest BCUT2D eigenvalue weighted by Crippen LogP contribution is 2.46. The van der Waals surface area contributed by atoms with Gasteiger partial charge in [0.25, 0.3) is 11.8 Å². The van der Waals surface area contributed by atoms with E-state index in [1.165, 1.54) is 36.1 Å².